The van der Waals surface area contributed by atoms with Gasteiger partial charge in [-0.15, -0.1) is 0 Å². The van der Waals surface area contributed by atoms with Crippen LogP contribution in [0.2, 0.25) is 10.0 Å². The normalized spacial score (nSPS) is 18.1. The molecule has 1 saturated heterocycles. The van der Waals surface area contributed by atoms with E-state index in [9.17, 15) is 9.59 Å². The van der Waals surface area contributed by atoms with Crippen molar-refractivity contribution in [2.75, 3.05) is 18.4 Å². The number of anilines is 1. The number of fused-ring (bicyclic) bond motifs is 1. The molecule has 2 aromatic carbocycles. The Morgan fingerprint density at radius 1 is 1.22 bits per heavy atom. The van der Waals surface area contributed by atoms with E-state index >= 15 is 4.39 Å². The summed E-state index contributed by atoms with van der Waals surface area (Å²) in [5.74, 6) is -0.546. The van der Waals surface area contributed by atoms with Gasteiger partial charge >= 0.3 is 6.09 Å². The van der Waals surface area contributed by atoms with Crippen LogP contribution in [-0.2, 0) is 10.3 Å². The summed E-state index contributed by atoms with van der Waals surface area (Å²) in [5, 5.41) is 4.20. The summed E-state index contributed by atoms with van der Waals surface area (Å²) in [6, 6.07) is 6.15. The van der Waals surface area contributed by atoms with Crippen LogP contribution in [0.4, 0.5) is 14.9 Å². The van der Waals surface area contributed by atoms with Gasteiger partial charge in [0.1, 0.15) is 11.4 Å². The molecule has 0 unspecified atom stereocenters. The molecule has 1 aromatic heterocycles. The zero-order valence-corrected chi connectivity index (χ0v) is 23.3. The van der Waals surface area contributed by atoms with Crippen molar-refractivity contribution in [3.63, 3.8) is 0 Å². The molecular formula is C27H31Cl2FN4O3. The second-order valence-corrected chi connectivity index (χ2v) is 11.5. The number of benzene rings is 2. The van der Waals surface area contributed by atoms with Crippen molar-refractivity contribution in [1.29, 1.82) is 0 Å². The number of aryl methyl sites for hydroxylation is 1. The molecule has 1 fully saturated rings. The molecule has 1 atom stereocenters. The van der Waals surface area contributed by atoms with Gasteiger partial charge in [0.25, 0.3) is 5.56 Å². The van der Waals surface area contributed by atoms with Gasteiger partial charge in [-0.1, -0.05) is 23.2 Å². The molecular weight excluding hydrogens is 518 g/mol. The van der Waals surface area contributed by atoms with Crippen LogP contribution in [0.15, 0.2) is 35.4 Å². The van der Waals surface area contributed by atoms with Crippen LogP contribution in [0.25, 0.3) is 10.9 Å². The van der Waals surface area contributed by atoms with E-state index in [0.717, 1.165) is 0 Å². The Labute approximate surface area is 225 Å². The number of likely N-dealkylation sites (tertiary alicyclic amines) is 1. The molecule has 3 aromatic rings. The molecule has 0 bridgehead atoms. The van der Waals surface area contributed by atoms with E-state index in [1.54, 1.807) is 43.8 Å². The fourth-order valence-corrected chi connectivity index (χ4v) is 5.26. The molecule has 2 heterocycles. The van der Waals surface area contributed by atoms with E-state index < -0.39 is 23.1 Å². The largest absolute Gasteiger partial charge is 0.444 e. The lowest BCUT2D eigenvalue weighted by Crippen LogP contribution is -2.42. The molecule has 10 heteroatoms. The summed E-state index contributed by atoms with van der Waals surface area (Å²) in [4.78, 5) is 32.2. The summed E-state index contributed by atoms with van der Waals surface area (Å²) in [6.07, 6.45) is 1.37. The molecule has 1 aliphatic heterocycles. The standard InChI is InChI=1S/C27H31Cl2FN4O3/c1-15(2)34-14-31-20-10-9-19(16(3)21(20)24(34)35)32-27(22-18(30)8-7-17(28)23(22)29)11-12-33(13-27)25(36)37-26(4,5)6/h7-10,14-15,32H,11-13H2,1-6H3/t27-/m0/s1. The Bertz CT molecular complexity index is 1430. The molecule has 4 rings (SSSR count). The lowest BCUT2D eigenvalue weighted by Gasteiger charge is -2.34. The third-order valence-corrected chi connectivity index (χ3v) is 7.39. The first-order valence-corrected chi connectivity index (χ1v) is 12.9. The molecule has 1 aliphatic rings. The first-order valence-electron chi connectivity index (χ1n) is 12.1. The number of rotatable bonds is 4. The van der Waals surface area contributed by atoms with Gasteiger partial charge in [0.15, 0.2) is 0 Å². The highest BCUT2D eigenvalue weighted by atomic mass is 35.5. The van der Waals surface area contributed by atoms with Crippen molar-refractivity contribution in [2.24, 2.45) is 0 Å². The molecule has 0 saturated carbocycles. The van der Waals surface area contributed by atoms with Gasteiger partial charge in [0.05, 0.1) is 39.4 Å². The van der Waals surface area contributed by atoms with Gasteiger partial charge < -0.3 is 15.0 Å². The third kappa shape index (κ3) is 5.14. The molecule has 7 nitrogen and oxygen atoms in total. The van der Waals surface area contributed by atoms with Crippen LogP contribution < -0.4 is 10.9 Å². The Morgan fingerprint density at radius 2 is 1.92 bits per heavy atom. The number of nitrogens with one attached hydrogen (secondary N) is 1. The van der Waals surface area contributed by atoms with Crippen molar-refractivity contribution in [3.05, 3.63) is 67.9 Å². The highest BCUT2D eigenvalue weighted by Gasteiger charge is 2.46. The first kappa shape index (κ1) is 27.2. The summed E-state index contributed by atoms with van der Waals surface area (Å²) >= 11 is 12.9. The molecule has 0 aliphatic carbocycles. The summed E-state index contributed by atoms with van der Waals surface area (Å²) in [6.45, 7) is 11.4. The van der Waals surface area contributed by atoms with E-state index in [-0.39, 0.29) is 33.8 Å². The molecule has 1 amide bonds. The van der Waals surface area contributed by atoms with Crippen LogP contribution in [0.1, 0.15) is 58.2 Å². The number of halogens is 3. The lowest BCUT2D eigenvalue weighted by atomic mass is 9.87. The predicted molar refractivity (Wildman–Crippen MR) is 145 cm³/mol. The molecule has 1 N–H and O–H groups in total. The minimum absolute atomic E-state index is 0.0664. The van der Waals surface area contributed by atoms with Crippen molar-refractivity contribution < 1.29 is 13.9 Å². The molecule has 198 valence electrons. The highest BCUT2D eigenvalue weighted by Crippen LogP contribution is 2.44. The smallest absolute Gasteiger partial charge is 0.410 e. The van der Waals surface area contributed by atoms with E-state index in [2.05, 4.69) is 10.3 Å². The maximum absolute atomic E-state index is 15.4. The number of ether oxygens (including phenoxy) is 1. The van der Waals surface area contributed by atoms with Crippen molar-refractivity contribution in [2.45, 2.75) is 65.1 Å². The highest BCUT2D eigenvalue weighted by molar-refractivity contribution is 6.42. The minimum atomic E-state index is -1.12. The lowest BCUT2D eigenvalue weighted by molar-refractivity contribution is 0.0286. The van der Waals surface area contributed by atoms with Crippen LogP contribution in [-0.4, -0.2) is 39.2 Å². The van der Waals surface area contributed by atoms with Gasteiger partial charge in [-0.25, -0.2) is 14.2 Å². The van der Waals surface area contributed by atoms with E-state index in [1.807, 2.05) is 20.8 Å². The number of hydrogen-bond donors (Lipinski definition) is 1. The van der Waals surface area contributed by atoms with Crippen molar-refractivity contribution >= 4 is 45.9 Å². The molecule has 0 spiro atoms. The average molecular weight is 549 g/mol. The number of carbonyl (C=O) groups is 1. The number of aromatic nitrogens is 2. The quantitative estimate of drug-likeness (QED) is 0.368. The van der Waals surface area contributed by atoms with E-state index in [4.69, 9.17) is 27.9 Å². The Balaban J connectivity index is 1.85. The number of carbonyl (C=O) groups excluding carboxylic acids is 1. The number of hydrogen-bond acceptors (Lipinski definition) is 5. The van der Waals surface area contributed by atoms with Crippen molar-refractivity contribution in [3.8, 4) is 0 Å². The second kappa shape index (κ2) is 9.80. The van der Waals surface area contributed by atoms with Crippen LogP contribution >= 0.6 is 23.2 Å². The van der Waals surface area contributed by atoms with Gasteiger partial charge in [0.2, 0.25) is 0 Å². The second-order valence-electron chi connectivity index (χ2n) is 10.8. The van der Waals surface area contributed by atoms with Gasteiger partial charge in [-0.05, 0) is 77.8 Å². The van der Waals surface area contributed by atoms with E-state index in [1.165, 1.54) is 17.0 Å². The zero-order chi connectivity index (χ0) is 27.3. The minimum Gasteiger partial charge on any atom is -0.444 e. The maximum Gasteiger partial charge on any atom is 0.410 e. The average Bonchev–Trinajstić information content (AvgIpc) is 3.22. The number of nitrogens with zero attached hydrogens (tertiary/aromatic N) is 3. The van der Waals surface area contributed by atoms with E-state index in [0.29, 0.717) is 35.1 Å². The predicted octanol–water partition coefficient (Wildman–Crippen LogP) is 6.68. The Morgan fingerprint density at radius 3 is 2.57 bits per heavy atom. The van der Waals surface area contributed by atoms with Gasteiger partial charge in [-0.3, -0.25) is 9.36 Å². The summed E-state index contributed by atoms with van der Waals surface area (Å²) < 4.78 is 22.6. The Kier molecular flexibility index (Phi) is 7.20. The van der Waals surface area contributed by atoms with Gasteiger partial charge in [-0.2, -0.15) is 0 Å². The van der Waals surface area contributed by atoms with Crippen molar-refractivity contribution in [1.82, 2.24) is 14.5 Å². The fourth-order valence-electron chi connectivity index (χ4n) is 4.77. The SMILES string of the molecule is Cc1c(N[C@@]2(c3c(F)ccc(Cl)c3Cl)CCN(C(=O)OC(C)(C)C)C2)ccc2ncn(C(C)C)c(=O)c12. The summed E-state index contributed by atoms with van der Waals surface area (Å²) in [5.41, 5.74) is 0.0241. The zero-order valence-electron chi connectivity index (χ0n) is 21.8. The first-order chi connectivity index (χ1) is 17.2. The molecule has 37 heavy (non-hydrogen) atoms. The third-order valence-electron chi connectivity index (χ3n) is 6.59. The molecule has 0 radical (unpaired) electrons. The van der Waals surface area contributed by atoms with Gasteiger partial charge in [0, 0.05) is 23.8 Å². The topological polar surface area (TPSA) is 76.5 Å². The van der Waals surface area contributed by atoms with Crippen LogP contribution in [0.5, 0.6) is 0 Å². The fraction of sp³-hybridized carbons (Fsp3) is 0.444. The Hall–Kier alpha value is -2.84. The maximum atomic E-state index is 15.4. The van der Waals surface area contributed by atoms with Crippen LogP contribution in [0, 0.1) is 12.7 Å². The monoisotopic (exact) mass is 548 g/mol. The number of amides is 1. The summed E-state index contributed by atoms with van der Waals surface area (Å²) in [7, 11) is 0. The van der Waals surface area contributed by atoms with Crippen LogP contribution in [0.3, 0.4) is 0 Å².